The molecule has 1 N–H and O–H groups in total. The van der Waals surface area contributed by atoms with Crippen molar-refractivity contribution < 1.29 is 22.9 Å². The molecule has 1 atom stereocenters. The van der Waals surface area contributed by atoms with Crippen LogP contribution in [0, 0.1) is 10.1 Å². The number of sulfone groups is 1. The van der Waals surface area contributed by atoms with E-state index in [0.29, 0.717) is 17.9 Å². The number of para-hydroxylation sites is 1. The number of nitrogens with zero attached hydrogens (tertiary/aromatic N) is 2. The molecule has 158 valence electrons. The Bertz CT molecular complexity index is 995. The van der Waals surface area contributed by atoms with Crippen LogP contribution >= 0.6 is 0 Å². The number of carbonyl (C=O) groups excluding carboxylic acids is 1. The van der Waals surface area contributed by atoms with Gasteiger partial charge in [0.2, 0.25) is 0 Å². The predicted molar refractivity (Wildman–Crippen MR) is 109 cm³/mol. The van der Waals surface area contributed by atoms with Gasteiger partial charge < -0.3 is 15.0 Å². The molecule has 0 aromatic heterocycles. The molecule has 1 aliphatic heterocycles. The normalized spacial score (nSPS) is 17.4. The highest BCUT2D eigenvalue weighted by molar-refractivity contribution is 7.94. The van der Waals surface area contributed by atoms with Crippen LogP contribution < -0.4 is 5.32 Å². The first-order valence-corrected chi connectivity index (χ1v) is 10.8. The first kappa shape index (κ1) is 22.6. The fourth-order valence-corrected chi connectivity index (χ4v) is 4.61. The number of ether oxygens (including phenoxy) is 1. The Labute approximate surface area is 170 Å². The topological polar surface area (TPSA) is 119 Å². The van der Waals surface area contributed by atoms with Crippen LogP contribution in [0.15, 0.2) is 46.1 Å². The fraction of sp³-hybridized carbons (Fsp3) is 0.421. The van der Waals surface area contributed by atoms with Gasteiger partial charge in [0.05, 0.1) is 21.3 Å². The summed E-state index contributed by atoms with van der Waals surface area (Å²) >= 11 is 0. The van der Waals surface area contributed by atoms with Crippen LogP contribution in [-0.2, 0) is 19.4 Å². The molecule has 0 amide bonds. The lowest BCUT2D eigenvalue weighted by atomic mass is 9.85. The summed E-state index contributed by atoms with van der Waals surface area (Å²) in [6.45, 7) is 3.77. The van der Waals surface area contributed by atoms with Crippen molar-refractivity contribution in [1.29, 1.82) is 0 Å². The van der Waals surface area contributed by atoms with Gasteiger partial charge in [-0.15, -0.1) is 0 Å². The van der Waals surface area contributed by atoms with Crippen molar-refractivity contribution >= 4 is 21.5 Å². The Morgan fingerprint density at radius 3 is 2.41 bits per heavy atom. The van der Waals surface area contributed by atoms with Gasteiger partial charge >= 0.3 is 5.97 Å². The SMILES string of the molecule is CC1=C(C(=O)OCCN(C)C)C(c2ccccc2[N+](=O)[O-])C(S(C)(=O)=O)=C(C)N1. The van der Waals surface area contributed by atoms with Crippen molar-refractivity contribution in [1.82, 2.24) is 10.2 Å². The van der Waals surface area contributed by atoms with Gasteiger partial charge in [-0.3, -0.25) is 10.1 Å². The smallest absolute Gasteiger partial charge is 0.336 e. The molecular formula is C19H25N3O6S. The predicted octanol–water partition coefficient (Wildman–Crippen LogP) is 1.94. The number of hydrogen-bond acceptors (Lipinski definition) is 8. The first-order chi connectivity index (χ1) is 13.4. The van der Waals surface area contributed by atoms with Crippen molar-refractivity contribution in [2.75, 3.05) is 33.5 Å². The zero-order chi connectivity index (χ0) is 21.9. The fourth-order valence-electron chi connectivity index (χ4n) is 3.33. The third-order valence-electron chi connectivity index (χ3n) is 4.53. The van der Waals surface area contributed by atoms with Crippen molar-refractivity contribution in [2.45, 2.75) is 19.8 Å². The van der Waals surface area contributed by atoms with Gasteiger partial charge in [0, 0.05) is 35.8 Å². The number of nitrogens with one attached hydrogen (secondary N) is 1. The number of benzene rings is 1. The summed E-state index contributed by atoms with van der Waals surface area (Å²) in [4.78, 5) is 25.7. The molecule has 1 aliphatic rings. The van der Waals surface area contributed by atoms with Crippen LogP contribution in [0.3, 0.4) is 0 Å². The minimum absolute atomic E-state index is 0.0454. The molecule has 1 aromatic carbocycles. The molecule has 0 spiro atoms. The number of allylic oxidation sites excluding steroid dienone is 3. The average molecular weight is 423 g/mol. The Kier molecular flexibility index (Phi) is 6.81. The molecule has 1 unspecified atom stereocenters. The van der Waals surface area contributed by atoms with Gasteiger partial charge in [0.1, 0.15) is 6.61 Å². The number of likely N-dealkylation sites (N-methyl/N-ethyl adjacent to an activating group) is 1. The van der Waals surface area contributed by atoms with Gasteiger partial charge in [-0.2, -0.15) is 0 Å². The van der Waals surface area contributed by atoms with Crippen LogP contribution in [0.25, 0.3) is 0 Å². The van der Waals surface area contributed by atoms with Crippen LogP contribution in [0.4, 0.5) is 5.69 Å². The van der Waals surface area contributed by atoms with E-state index >= 15 is 0 Å². The molecule has 29 heavy (non-hydrogen) atoms. The van der Waals surface area contributed by atoms with E-state index < -0.39 is 26.6 Å². The Morgan fingerprint density at radius 2 is 1.86 bits per heavy atom. The van der Waals surface area contributed by atoms with Crippen molar-refractivity contribution in [3.63, 3.8) is 0 Å². The lowest BCUT2D eigenvalue weighted by Gasteiger charge is -2.30. The van der Waals surface area contributed by atoms with E-state index in [1.165, 1.54) is 18.2 Å². The summed E-state index contributed by atoms with van der Waals surface area (Å²) in [7, 11) is -0.146. The largest absolute Gasteiger partial charge is 0.461 e. The Morgan fingerprint density at radius 1 is 1.24 bits per heavy atom. The minimum Gasteiger partial charge on any atom is -0.461 e. The quantitative estimate of drug-likeness (QED) is 0.401. The molecular weight excluding hydrogens is 398 g/mol. The zero-order valence-corrected chi connectivity index (χ0v) is 17.9. The molecule has 9 nitrogen and oxygen atoms in total. The molecule has 0 aliphatic carbocycles. The van der Waals surface area contributed by atoms with Crippen molar-refractivity contribution in [3.05, 3.63) is 61.8 Å². The molecule has 0 saturated carbocycles. The van der Waals surface area contributed by atoms with Gasteiger partial charge in [0.15, 0.2) is 9.84 Å². The van der Waals surface area contributed by atoms with E-state index in [0.717, 1.165) is 6.26 Å². The number of esters is 1. The third-order valence-corrected chi connectivity index (χ3v) is 5.88. The summed E-state index contributed by atoms with van der Waals surface area (Å²) in [5, 5.41) is 14.5. The molecule has 0 fully saturated rings. The van der Waals surface area contributed by atoms with Crippen LogP contribution in [0.1, 0.15) is 25.3 Å². The minimum atomic E-state index is -3.79. The number of rotatable bonds is 7. The number of nitro benzene ring substituents is 1. The van der Waals surface area contributed by atoms with Crippen molar-refractivity contribution in [2.24, 2.45) is 0 Å². The first-order valence-electron chi connectivity index (χ1n) is 8.89. The lowest BCUT2D eigenvalue weighted by Crippen LogP contribution is -2.32. The highest BCUT2D eigenvalue weighted by Gasteiger charge is 2.41. The van der Waals surface area contributed by atoms with Crippen LogP contribution in [0.2, 0.25) is 0 Å². The summed E-state index contributed by atoms with van der Waals surface area (Å²) < 4.78 is 30.5. The zero-order valence-electron chi connectivity index (χ0n) is 17.1. The number of dihydropyridines is 1. The highest BCUT2D eigenvalue weighted by Crippen LogP contribution is 2.43. The van der Waals surface area contributed by atoms with Crippen LogP contribution in [-0.4, -0.2) is 57.7 Å². The van der Waals surface area contributed by atoms with E-state index in [-0.39, 0.29) is 28.3 Å². The van der Waals surface area contributed by atoms with E-state index in [9.17, 15) is 23.3 Å². The van der Waals surface area contributed by atoms with Gasteiger partial charge in [-0.05, 0) is 27.9 Å². The maximum absolute atomic E-state index is 12.9. The second-order valence-corrected chi connectivity index (χ2v) is 9.10. The number of hydrogen-bond donors (Lipinski definition) is 1. The van der Waals surface area contributed by atoms with E-state index in [2.05, 4.69) is 5.32 Å². The molecule has 0 bridgehead atoms. The van der Waals surface area contributed by atoms with Gasteiger partial charge in [-0.25, -0.2) is 13.2 Å². The molecule has 10 heteroatoms. The maximum atomic E-state index is 12.9. The van der Waals surface area contributed by atoms with E-state index in [1.54, 1.807) is 19.9 Å². The average Bonchev–Trinajstić information content (AvgIpc) is 2.59. The van der Waals surface area contributed by atoms with Crippen molar-refractivity contribution in [3.8, 4) is 0 Å². The molecule has 1 heterocycles. The summed E-state index contributed by atoms with van der Waals surface area (Å²) in [5.41, 5.74) is 0.618. The number of carbonyl (C=O) groups is 1. The van der Waals surface area contributed by atoms with E-state index in [1.807, 2.05) is 19.0 Å². The third kappa shape index (κ3) is 5.01. The summed E-state index contributed by atoms with van der Waals surface area (Å²) in [6.07, 6.45) is 1.02. The monoisotopic (exact) mass is 423 g/mol. The number of nitro groups is 1. The highest BCUT2D eigenvalue weighted by atomic mass is 32.2. The van der Waals surface area contributed by atoms with Gasteiger partial charge in [-0.1, -0.05) is 18.2 Å². The van der Waals surface area contributed by atoms with Crippen LogP contribution in [0.5, 0.6) is 0 Å². The Hall–Kier alpha value is -2.72. The molecule has 2 rings (SSSR count). The lowest BCUT2D eigenvalue weighted by molar-refractivity contribution is -0.385. The summed E-state index contributed by atoms with van der Waals surface area (Å²) in [5.74, 6) is -1.85. The second kappa shape index (κ2) is 8.75. The van der Waals surface area contributed by atoms with E-state index in [4.69, 9.17) is 4.74 Å². The maximum Gasteiger partial charge on any atom is 0.336 e. The standard InChI is InChI=1S/C19H25N3O6S/c1-12-16(19(23)28-11-10-21(3)4)17(18(13(2)20-12)29(5,26)27)14-8-6-7-9-15(14)22(24)25/h6-9,17,20H,10-11H2,1-5H3. The summed E-state index contributed by atoms with van der Waals surface area (Å²) in [6, 6.07) is 5.82. The molecule has 0 saturated heterocycles. The Balaban J connectivity index is 2.67. The molecule has 1 aromatic rings. The van der Waals surface area contributed by atoms with Gasteiger partial charge in [0.25, 0.3) is 5.69 Å². The molecule has 0 radical (unpaired) electrons. The second-order valence-electron chi connectivity index (χ2n) is 7.11.